The van der Waals surface area contributed by atoms with E-state index in [1.165, 1.54) is 0 Å². The van der Waals surface area contributed by atoms with Gasteiger partial charge >= 0.3 is 0 Å². The second kappa shape index (κ2) is 12.2. The summed E-state index contributed by atoms with van der Waals surface area (Å²) in [5, 5.41) is 8.37. The van der Waals surface area contributed by atoms with E-state index < -0.39 is 0 Å². The van der Waals surface area contributed by atoms with Gasteiger partial charge in [-0.05, 0) is 22.9 Å². The monoisotopic (exact) mass is 526 g/mol. The molecule has 2 aliphatic rings. The predicted molar refractivity (Wildman–Crippen MR) is 146 cm³/mol. The molecule has 0 radical (unpaired) electrons. The van der Waals surface area contributed by atoms with E-state index in [4.69, 9.17) is 14.6 Å². The Labute approximate surface area is 223 Å². The van der Waals surface area contributed by atoms with Crippen LogP contribution in [0, 0.1) is 5.41 Å². The van der Waals surface area contributed by atoms with Gasteiger partial charge in [0.1, 0.15) is 12.3 Å². The van der Waals surface area contributed by atoms with Crippen molar-refractivity contribution in [2.24, 2.45) is 10.5 Å². The van der Waals surface area contributed by atoms with E-state index in [-0.39, 0.29) is 29.8 Å². The van der Waals surface area contributed by atoms with Crippen LogP contribution in [0.2, 0.25) is 0 Å². The minimum atomic E-state index is -0.292. The van der Waals surface area contributed by atoms with Gasteiger partial charge in [0, 0.05) is 44.6 Å². The molecular weight excluding hydrogens is 488 g/mol. The minimum absolute atomic E-state index is 0.00781. The number of thiophene rings is 1. The van der Waals surface area contributed by atoms with Crippen molar-refractivity contribution in [3.63, 3.8) is 0 Å². The SMILES string of the molecule is COc1ccccc1C1CC(c2cccs2)=NN1C(=O)CN(CCN1CCOCC1)C(=O)CC(C)(C)C. The van der Waals surface area contributed by atoms with E-state index in [1.54, 1.807) is 28.4 Å². The van der Waals surface area contributed by atoms with Crippen molar-refractivity contribution in [1.29, 1.82) is 0 Å². The van der Waals surface area contributed by atoms with Crippen molar-refractivity contribution in [2.45, 2.75) is 39.7 Å². The first kappa shape index (κ1) is 27.3. The molecule has 1 fully saturated rings. The Morgan fingerprint density at radius 3 is 2.59 bits per heavy atom. The quantitative estimate of drug-likeness (QED) is 0.493. The van der Waals surface area contributed by atoms with Crippen molar-refractivity contribution >= 4 is 28.9 Å². The fourth-order valence-corrected chi connectivity index (χ4v) is 5.42. The molecule has 0 bridgehead atoms. The number of benzene rings is 1. The van der Waals surface area contributed by atoms with Gasteiger partial charge in [-0.3, -0.25) is 14.5 Å². The fourth-order valence-electron chi connectivity index (χ4n) is 4.70. The number of amides is 2. The van der Waals surface area contributed by atoms with Crippen LogP contribution in [0.3, 0.4) is 0 Å². The Bertz CT molecular complexity index is 1090. The summed E-state index contributed by atoms with van der Waals surface area (Å²) in [5.74, 6) is 0.525. The van der Waals surface area contributed by atoms with Crippen LogP contribution in [0.4, 0.5) is 0 Å². The van der Waals surface area contributed by atoms with Crippen LogP contribution in [0.25, 0.3) is 0 Å². The fraction of sp³-hybridized carbons (Fsp3) is 0.536. The molecule has 37 heavy (non-hydrogen) atoms. The molecule has 1 saturated heterocycles. The summed E-state index contributed by atoms with van der Waals surface area (Å²) in [7, 11) is 1.64. The van der Waals surface area contributed by atoms with Crippen LogP contribution in [0.1, 0.15) is 50.1 Å². The number of rotatable bonds is 9. The van der Waals surface area contributed by atoms with Gasteiger partial charge in [0.2, 0.25) is 5.91 Å². The van der Waals surface area contributed by atoms with Gasteiger partial charge in [-0.15, -0.1) is 11.3 Å². The zero-order chi connectivity index (χ0) is 26.4. The van der Waals surface area contributed by atoms with Gasteiger partial charge in [-0.1, -0.05) is 45.0 Å². The number of hydrogen-bond acceptors (Lipinski definition) is 7. The van der Waals surface area contributed by atoms with Gasteiger partial charge in [-0.25, -0.2) is 5.01 Å². The van der Waals surface area contributed by atoms with Crippen LogP contribution < -0.4 is 4.74 Å². The van der Waals surface area contributed by atoms with Gasteiger partial charge < -0.3 is 14.4 Å². The summed E-state index contributed by atoms with van der Waals surface area (Å²) in [6.45, 7) is 10.4. The van der Waals surface area contributed by atoms with Crippen molar-refractivity contribution in [1.82, 2.24) is 14.8 Å². The molecule has 0 N–H and O–H groups in total. The second-order valence-electron chi connectivity index (χ2n) is 10.7. The molecule has 0 saturated carbocycles. The van der Waals surface area contributed by atoms with Crippen molar-refractivity contribution < 1.29 is 19.1 Å². The molecule has 2 amide bonds. The zero-order valence-corrected chi connectivity index (χ0v) is 23.1. The first-order valence-electron chi connectivity index (χ1n) is 12.9. The van der Waals surface area contributed by atoms with Crippen molar-refractivity contribution in [2.75, 3.05) is 53.0 Å². The number of nitrogens with zero attached hydrogens (tertiary/aromatic N) is 4. The third-order valence-electron chi connectivity index (χ3n) is 6.62. The van der Waals surface area contributed by atoms with Crippen molar-refractivity contribution in [3.8, 4) is 5.75 Å². The average Bonchev–Trinajstić information content (AvgIpc) is 3.56. The van der Waals surface area contributed by atoms with Gasteiger partial charge in [0.05, 0.1) is 37.0 Å². The molecule has 4 rings (SSSR count). The summed E-state index contributed by atoms with van der Waals surface area (Å²) in [6.07, 6.45) is 0.972. The third-order valence-corrected chi connectivity index (χ3v) is 7.54. The largest absolute Gasteiger partial charge is 0.496 e. The van der Waals surface area contributed by atoms with Crippen molar-refractivity contribution in [3.05, 3.63) is 52.2 Å². The maximum Gasteiger partial charge on any atom is 0.262 e. The molecule has 2 aliphatic heterocycles. The molecule has 3 heterocycles. The third kappa shape index (κ3) is 7.18. The maximum atomic E-state index is 13.8. The molecule has 1 unspecified atom stereocenters. The van der Waals surface area contributed by atoms with E-state index >= 15 is 0 Å². The number of methoxy groups -OCH3 is 1. The lowest BCUT2D eigenvalue weighted by Crippen LogP contribution is -2.47. The predicted octanol–water partition coefficient (Wildman–Crippen LogP) is 4.03. The Hall–Kier alpha value is -2.75. The highest BCUT2D eigenvalue weighted by Gasteiger charge is 2.36. The molecule has 8 nitrogen and oxygen atoms in total. The minimum Gasteiger partial charge on any atom is -0.496 e. The molecule has 1 aromatic heterocycles. The van der Waals surface area contributed by atoms with Crippen LogP contribution in [0.15, 0.2) is 46.9 Å². The van der Waals surface area contributed by atoms with Crippen LogP contribution in [0.5, 0.6) is 5.75 Å². The Balaban J connectivity index is 1.57. The average molecular weight is 527 g/mol. The lowest BCUT2D eigenvalue weighted by atomic mass is 9.91. The molecule has 2 aromatic rings. The Kier molecular flexibility index (Phi) is 9.00. The number of ether oxygens (including phenoxy) is 2. The molecule has 0 aliphatic carbocycles. The first-order valence-corrected chi connectivity index (χ1v) is 13.8. The highest BCUT2D eigenvalue weighted by atomic mass is 32.1. The summed E-state index contributed by atoms with van der Waals surface area (Å²) < 4.78 is 11.1. The van der Waals surface area contributed by atoms with Crippen LogP contribution in [-0.4, -0.2) is 85.4 Å². The molecular formula is C28H38N4O4S. The van der Waals surface area contributed by atoms with Crippen LogP contribution >= 0.6 is 11.3 Å². The van der Waals surface area contributed by atoms with Crippen LogP contribution in [-0.2, 0) is 14.3 Å². The van der Waals surface area contributed by atoms with E-state index in [0.29, 0.717) is 39.1 Å². The molecule has 1 atom stereocenters. The number of morpholine rings is 1. The van der Waals surface area contributed by atoms with E-state index in [1.807, 2.05) is 62.5 Å². The number of carbonyl (C=O) groups is 2. The van der Waals surface area contributed by atoms with E-state index in [9.17, 15) is 9.59 Å². The maximum absolute atomic E-state index is 13.8. The summed E-state index contributed by atoms with van der Waals surface area (Å²) in [4.78, 5) is 32.2. The molecule has 200 valence electrons. The van der Waals surface area contributed by atoms with E-state index in [2.05, 4.69) is 4.90 Å². The molecule has 9 heteroatoms. The molecule has 1 aromatic carbocycles. The Morgan fingerprint density at radius 1 is 1.16 bits per heavy atom. The highest BCUT2D eigenvalue weighted by Crippen LogP contribution is 2.38. The number of para-hydroxylation sites is 1. The van der Waals surface area contributed by atoms with Gasteiger partial charge in [-0.2, -0.15) is 5.10 Å². The highest BCUT2D eigenvalue weighted by molar-refractivity contribution is 7.12. The number of carbonyl (C=O) groups excluding carboxylic acids is 2. The van der Waals surface area contributed by atoms with Gasteiger partial charge in [0.25, 0.3) is 5.91 Å². The van der Waals surface area contributed by atoms with E-state index in [0.717, 1.165) is 35.0 Å². The standard InChI is InChI=1S/C28H38N4O4S/c1-28(2,3)19-26(33)31(12-11-30-13-15-36-16-14-30)20-27(34)32-23(21-8-5-6-9-24(21)35-4)18-22(29-32)25-10-7-17-37-25/h5-10,17,23H,11-16,18-20H2,1-4H3. The zero-order valence-electron chi connectivity index (χ0n) is 22.3. The normalized spacial score (nSPS) is 18.5. The summed E-state index contributed by atoms with van der Waals surface area (Å²) >= 11 is 1.61. The number of hydrazone groups is 1. The lowest BCUT2D eigenvalue weighted by Gasteiger charge is -2.32. The summed E-state index contributed by atoms with van der Waals surface area (Å²) in [6, 6.07) is 11.5. The Morgan fingerprint density at radius 2 is 1.92 bits per heavy atom. The topological polar surface area (TPSA) is 74.7 Å². The smallest absolute Gasteiger partial charge is 0.262 e. The molecule has 0 spiro atoms. The number of hydrogen-bond donors (Lipinski definition) is 0. The van der Waals surface area contributed by atoms with Gasteiger partial charge in [0.15, 0.2) is 0 Å². The lowest BCUT2D eigenvalue weighted by molar-refractivity contribution is -0.142. The first-order chi connectivity index (χ1) is 17.7. The summed E-state index contributed by atoms with van der Waals surface area (Å²) in [5.41, 5.74) is 1.62. The second-order valence-corrected chi connectivity index (χ2v) is 11.7.